The fourth-order valence-electron chi connectivity index (χ4n) is 3.29. The first-order valence-electron chi connectivity index (χ1n) is 9.31. The van der Waals surface area contributed by atoms with Gasteiger partial charge in [0.25, 0.3) is 0 Å². The summed E-state index contributed by atoms with van der Waals surface area (Å²) >= 11 is 0. The molecule has 1 heterocycles. The SMILES string of the molecule is OC(COCc1ccc2c(c1)OCO2)CN(Cc1ccccc1F)C1CC1. The molecule has 5 nitrogen and oxygen atoms in total. The molecule has 0 aromatic heterocycles. The molecule has 6 heteroatoms. The zero-order valence-corrected chi connectivity index (χ0v) is 15.1. The average Bonchev–Trinajstić information content (AvgIpc) is 3.40. The van der Waals surface area contributed by atoms with Crippen LogP contribution in [0.4, 0.5) is 4.39 Å². The summed E-state index contributed by atoms with van der Waals surface area (Å²) in [7, 11) is 0. The zero-order valence-electron chi connectivity index (χ0n) is 15.1. The van der Waals surface area contributed by atoms with Crippen LogP contribution in [0.25, 0.3) is 0 Å². The van der Waals surface area contributed by atoms with Crippen molar-refractivity contribution in [3.8, 4) is 11.5 Å². The molecule has 1 unspecified atom stereocenters. The first-order valence-corrected chi connectivity index (χ1v) is 9.31. The van der Waals surface area contributed by atoms with Crippen LogP contribution in [0, 0.1) is 5.82 Å². The number of hydrogen-bond donors (Lipinski definition) is 1. The van der Waals surface area contributed by atoms with Gasteiger partial charge in [-0.2, -0.15) is 0 Å². The maximum absolute atomic E-state index is 13.9. The van der Waals surface area contributed by atoms with Crippen LogP contribution in [0.1, 0.15) is 24.0 Å². The molecule has 1 aliphatic carbocycles. The predicted octanol–water partition coefficient (Wildman–Crippen LogP) is 3.10. The van der Waals surface area contributed by atoms with E-state index >= 15 is 0 Å². The fourth-order valence-corrected chi connectivity index (χ4v) is 3.29. The lowest BCUT2D eigenvalue weighted by molar-refractivity contribution is 0.00687. The number of fused-ring (bicyclic) bond motifs is 1. The third-order valence-electron chi connectivity index (χ3n) is 4.86. The average molecular weight is 373 g/mol. The number of aliphatic hydroxyl groups excluding tert-OH is 1. The van der Waals surface area contributed by atoms with Crippen molar-refractivity contribution in [3.63, 3.8) is 0 Å². The highest BCUT2D eigenvalue weighted by Crippen LogP contribution is 2.32. The second-order valence-electron chi connectivity index (χ2n) is 7.11. The fraction of sp³-hybridized carbons (Fsp3) is 0.429. The largest absolute Gasteiger partial charge is 0.454 e. The third kappa shape index (κ3) is 4.77. The summed E-state index contributed by atoms with van der Waals surface area (Å²) in [6.45, 7) is 1.85. The number of ether oxygens (including phenoxy) is 3. The van der Waals surface area contributed by atoms with Gasteiger partial charge in [0.15, 0.2) is 11.5 Å². The molecular weight excluding hydrogens is 349 g/mol. The number of rotatable bonds is 9. The van der Waals surface area contributed by atoms with Crippen LogP contribution in [0.2, 0.25) is 0 Å². The Kier molecular flexibility index (Phi) is 5.57. The summed E-state index contributed by atoms with van der Waals surface area (Å²) in [6.07, 6.45) is 1.57. The molecule has 1 saturated carbocycles. The van der Waals surface area contributed by atoms with Crippen LogP contribution in [0.3, 0.4) is 0 Å². The minimum absolute atomic E-state index is 0.198. The standard InChI is InChI=1S/C21H24FNO4/c22-19-4-2-1-3-16(19)10-23(17-6-7-17)11-18(24)13-25-12-15-5-8-20-21(9-15)27-14-26-20/h1-5,8-9,17-18,24H,6-7,10-14H2. The van der Waals surface area contributed by atoms with Gasteiger partial charge in [-0.25, -0.2) is 4.39 Å². The number of hydrogen-bond acceptors (Lipinski definition) is 5. The summed E-state index contributed by atoms with van der Waals surface area (Å²) in [6, 6.07) is 12.9. The van der Waals surface area contributed by atoms with Crippen molar-refractivity contribution in [2.45, 2.75) is 38.1 Å². The van der Waals surface area contributed by atoms with E-state index in [4.69, 9.17) is 14.2 Å². The van der Waals surface area contributed by atoms with Crippen molar-refractivity contribution >= 4 is 0 Å². The smallest absolute Gasteiger partial charge is 0.231 e. The number of halogens is 1. The molecule has 1 fully saturated rings. The molecule has 2 aromatic rings. The van der Waals surface area contributed by atoms with E-state index in [0.29, 0.717) is 31.3 Å². The molecule has 0 spiro atoms. The molecule has 27 heavy (non-hydrogen) atoms. The monoisotopic (exact) mass is 373 g/mol. The summed E-state index contributed by atoms with van der Waals surface area (Å²) in [5.74, 6) is 1.27. The van der Waals surface area contributed by atoms with Gasteiger partial charge in [0.2, 0.25) is 6.79 Å². The van der Waals surface area contributed by atoms with Crippen molar-refractivity contribution in [2.75, 3.05) is 19.9 Å². The number of aliphatic hydroxyl groups is 1. The molecule has 1 N–H and O–H groups in total. The van der Waals surface area contributed by atoms with Crippen LogP contribution >= 0.6 is 0 Å². The van der Waals surface area contributed by atoms with Gasteiger partial charge in [0.05, 0.1) is 19.3 Å². The van der Waals surface area contributed by atoms with Crippen LogP contribution in [-0.2, 0) is 17.9 Å². The van der Waals surface area contributed by atoms with E-state index in [2.05, 4.69) is 4.90 Å². The Hall–Kier alpha value is -2.15. The van der Waals surface area contributed by atoms with Crippen molar-refractivity contribution in [2.24, 2.45) is 0 Å². The van der Waals surface area contributed by atoms with E-state index < -0.39 is 6.10 Å². The van der Waals surface area contributed by atoms with Gasteiger partial charge in [-0.15, -0.1) is 0 Å². The summed E-state index contributed by atoms with van der Waals surface area (Å²) in [5, 5.41) is 10.4. The van der Waals surface area contributed by atoms with Crippen LogP contribution in [0.15, 0.2) is 42.5 Å². The van der Waals surface area contributed by atoms with E-state index in [0.717, 1.165) is 29.9 Å². The maximum Gasteiger partial charge on any atom is 0.231 e. The quantitative estimate of drug-likeness (QED) is 0.732. The Labute approximate surface area is 158 Å². The molecule has 0 bridgehead atoms. The molecular formula is C21H24FNO4. The van der Waals surface area contributed by atoms with Gasteiger partial charge < -0.3 is 19.3 Å². The van der Waals surface area contributed by atoms with E-state index in [1.165, 1.54) is 6.07 Å². The summed E-state index contributed by atoms with van der Waals surface area (Å²) in [4.78, 5) is 2.15. The lowest BCUT2D eigenvalue weighted by atomic mass is 10.2. The van der Waals surface area contributed by atoms with Crippen molar-refractivity contribution in [1.29, 1.82) is 0 Å². The van der Waals surface area contributed by atoms with E-state index in [1.54, 1.807) is 12.1 Å². The van der Waals surface area contributed by atoms with E-state index in [1.807, 2.05) is 24.3 Å². The lowest BCUT2D eigenvalue weighted by Crippen LogP contribution is -2.36. The highest BCUT2D eigenvalue weighted by atomic mass is 19.1. The molecule has 0 saturated heterocycles. The van der Waals surface area contributed by atoms with Gasteiger partial charge in [-0.3, -0.25) is 4.90 Å². The Morgan fingerprint density at radius 1 is 1.15 bits per heavy atom. The van der Waals surface area contributed by atoms with Gasteiger partial charge in [-0.1, -0.05) is 24.3 Å². The molecule has 2 aliphatic rings. The van der Waals surface area contributed by atoms with Crippen molar-refractivity contribution in [3.05, 3.63) is 59.4 Å². The van der Waals surface area contributed by atoms with Gasteiger partial charge in [0.1, 0.15) is 5.82 Å². The number of nitrogens with zero attached hydrogens (tertiary/aromatic N) is 1. The van der Waals surface area contributed by atoms with E-state index in [-0.39, 0.29) is 19.2 Å². The van der Waals surface area contributed by atoms with E-state index in [9.17, 15) is 9.50 Å². The molecule has 0 amide bonds. The molecule has 0 radical (unpaired) electrons. The van der Waals surface area contributed by atoms with Gasteiger partial charge >= 0.3 is 0 Å². The van der Waals surface area contributed by atoms with Crippen LogP contribution in [0.5, 0.6) is 11.5 Å². The zero-order chi connectivity index (χ0) is 18.6. The summed E-state index contributed by atoms with van der Waals surface area (Å²) in [5.41, 5.74) is 1.63. The topological polar surface area (TPSA) is 51.2 Å². The molecule has 2 aromatic carbocycles. The first-order chi connectivity index (χ1) is 13.2. The molecule has 144 valence electrons. The maximum atomic E-state index is 13.9. The van der Waals surface area contributed by atoms with Gasteiger partial charge in [0, 0.05) is 24.7 Å². The predicted molar refractivity (Wildman–Crippen MR) is 98.1 cm³/mol. The van der Waals surface area contributed by atoms with Crippen LogP contribution in [-0.4, -0.2) is 42.1 Å². The second kappa shape index (κ2) is 8.25. The highest BCUT2D eigenvalue weighted by Gasteiger charge is 2.30. The Balaban J connectivity index is 1.26. The summed E-state index contributed by atoms with van der Waals surface area (Å²) < 4.78 is 30.2. The van der Waals surface area contributed by atoms with Gasteiger partial charge in [-0.05, 0) is 36.6 Å². The minimum Gasteiger partial charge on any atom is -0.454 e. The highest BCUT2D eigenvalue weighted by molar-refractivity contribution is 5.44. The van der Waals surface area contributed by atoms with Crippen molar-refractivity contribution < 1.29 is 23.7 Å². The number of benzene rings is 2. The Morgan fingerprint density at radius 2 is 1.96 bits per heavy atom. The van der Waals surface area contributed by atoms with Crippen LogP contribution < -0.4 is 9.47 Å². The Bertz CT molecular complexity index is 781. The lowest BCUT2D eigenvalue weighted by Gasteiger charge is -2.25. The molecule has 4 rings (SSSR count). The minimum atomic E-state index is -0.619. The molecule has 1 aliphatic heterocycles. The first kappa shape index (κ1) is 18.2. The normalized spacial score (nSPS) is 16.7. The van der Waals surface area contributed by atoms with Crippen molar-refractivity contribution in [1.82, 2.24) is 4.90 Å². The molecule has 1 atom stereocenters. The third-order valence-corrected chi connectivity index (χ3v) is 4.86. The Morgan fingerprint density at radius 3 is 2.78 bits per heavy atom. The second-order valence-corrected chi connectivity index (χ2v) is 7.11.